The highest BCUT2D eigenvalue weighted by Crippen LogP contribution is 2.09. The maximum Gasteiger partial charge on any atom is 0.315 e. The molecule has 5 nitrogen and oxygen atoms in total. The van der Waals surface area contributed by atoms with E-state index in [1.165, 1.54) is 0 Å². The standard InChI is InChI=1S/C12H15N3O2/c1-9(2)17-12(16)11(14-15-13)8-10-6-4-3-5-7-10/h3-7,9,11H,8H2,1-2H3/t11-/m0/s1. The Morgan fingerprint density at radius 2 is 2.06 bits per heavy atom. The lowest BCUT2D eigenvalue weighted by Crippen LogP contribution is -2.26. The molecule has 0 bridgehead atoms. The van der Waals surface area contributed by atoms with Crippen LogP contribution in [0.3, 0.4) is 0 Å². The molecule has 0 N–H and O–H groups in total. The third-order valence-electron chi connectivity index (χ3n) is 2.09. The normalized spacial score (nSPS) is 11.7. The minimum atomic E-state index is -0.801. The van der Waals surface area contributed by atoms with E-state index in [0.29, 0.717) is 6.42 Å². The molecular weight excluding hydrogens is 218 g/mol. The highest BCUT2D eigenvalue weighted by atomic mass is 16.5. The number of azide groups is 1. The van der Waals surface area contributed by atoms with Crippen molar-refractivity contribution in [2.45, 2.75) is 32.4 Å². The van der Waals surface area contributed by atoms with Gasteiger partial charge in [0, 0.05) is 4.91 Å². The van der Waals surface area contributed by atoms with E-state index in [2.05, 4.69) is 10.0 Å². The van der Waals surface area contributed by atoms with Crippen molar-refractivity contribution in [1.29, 1.82) is 0 Å². The van der Waals surface area contributed by atoms with Crippen molar-refractivity contribution in [2.24, 2.45) is 5.11 Å². The monoisotopic (exact) mass is 233 g/mol. The van der Waals surface area contributed by atoms with Gasteiger partial charge in [0.1, 0.15) is 6.04 Å². The summed E-state index contributed by atoms with van der Waals surface area (Å²) in [4.78, 5) is 14.3. The van der Waals surface area contributed by atoms with Gasteiger partial charge >= 0.3 is 5.97 Å². The third-order valence-corrected chi connectivity index (χ3v) is 2.09. The fourth-order valence-corrected chi connectivity index (χ4v) is 1.38. The van der Waals surface area contributed by atoms with E-state index in [-0.39, 0.29) is 6.10 Å². The molecule has 0 aliphatic rings. The lowest BCUT2D eigenvalue weighted by Gasteiger charge is -2.13. The first kappa shape index (κ1) is 13.1. The van der Waals surface area contributed by atoms with Crippen LogP contribution in [-0.2, 0) is 16.0 Å². The number of carbonyl (C=O) groups is 1. The van der Waals surface area contributed by atoms with Crippen molar-refractivity contribution in [3.05, 3.63) is 46.3 Å². The number of ether oxygens (including phenoxy) is 1. The van der Waals surface area contributed by atoms with E-state index in [1.54, 1.807) is 13.8 Å². The molecule has 0 spiro atoms. The summed E-state index contributed by atoms with van der Waals surface area (Å²) in [6.07, 6.45) is 0.144. The Labute approximate surface area is 100 Å². The van der Waals surface area contributed by atoms with Gasteiger partial charge in [0.25, 0.3) is 0 Å². The molecule has 0 aromatic heterocycles. The van der Waals surface area contributed by atoms with Gasteiger partial charge in [-0.05, 0) is 31.4 Å². The number of hydrogen-bond donors (Lipinski definition) is 0. The van der Waals surface area contributed by atoms with Crippen LogP contribution in [0.15, 0.2) is 35.4 Å². The predicted molar refractivity (Wildman–Crippen MR) is 64.3 cm³/mol. The molecule has 0 aliphatic heterocycles. The van der Waals surface area contributed by atoms with Crippen molar-refractivity contribution in [3.63, 3.8) is 0 Å². The smallest absolute Gasteiger partial charge is 0.315 e. The van der Waals surface area contributed by atoms with Crippen LogP contribution in [0.5, 0.6) is 0 Å². The Bertz CT molecular complexity index is 411. The average Bonchev–Trinajstić information content (AvgIpc) is 2.29. The summed E-state index contributed by atoms with van der Waals surface area (Å²) < 4.78 is 5.03. The Morgan fingerprint density at radius 1 is 1.41 bits per heavy atom. The maximum absolute atomic E-state index is 11.7. The molecule has 0 unspecified atom stereocenters. The largest absolute Gasteiger partial charge is 0.463 e. The van der Waals surface area contributed by atoms with Crippen LogP contribution in [0.1, 0.15) is 19.4 Å². The number of nitrogens with zero attached hydrogens (tertiary/aromatic N) is 3. The van der Waals surface area contributed by atoms with Gasteiger partial charge in [-0.1, -0.05) is 35.4 Å². The second-order valence-corrected chi connectivity index (χ2v) is 3.90. The third kappa shape index (κ3) is 4.57. The van der Waals surface area contributed by atoms with Gasteiger partial charge in [0.15, 0.2) is 0 Å². The number of benzene rings is 1. The summed E-state index contributed by atoms with van der Waals surface area (Å²) in [5.41, 5.74) is 9.38. The van der Waals surface area contributed by atoms with Crippen LogP contribution in [0, 0.1) is 0 Å². The number of esters is 1. The number of hydrogen-bond acceptors (Lipinski definition) is 3. The van der Waals surface area contributed by atoms with E-state index in [9.17, 15) is 4.79 Å². The fourth-order valence-electron chi connectivity index (χ4n) is 1.38. The summed E-state index contributed by atoms with van der Waals surface area (Å²) in [6, 6.07) is 8.58. The van der Waals surface area contributed by atoms with Crippen LogP contribution in [0.2, 0.25) is 0 Å². The molecule has 1 rings (SSSR count). The van der Waals surface area contributed by atoms with Crippen LogP contribution in [0.4, 0.5) is 0 Å². The van der Waals surface area contributed by atoms with Gasteiger partial charge in [-0.2, -0.15) is 0 Å². The summed E-state index contributed by atoms with van der Waals surface area (Å²) in [6.45, 7) is 3.52. The summed E-state index contributed by atoms with van der Waals surface area (Å²) >= 11 is 0. The number of carbonyl (C=O) groups excluding carboxylic acids is 1. The van der Waals surface area contributed by atoms with E-state index in [4.69, 9.17) is 10.3 Å². The first-order valence-electron chi connectivity index (χ1n) is 5.42. The topological polar surface area (TPSA) is 75.1 Å². The quantitative estimate of drug-likeness (QED) is 0.339. The molecule has 0 saturated carbocycles. The molecule has 0 heterocycles. The Balaban J connectivity index is 2.73. The zero-order valence-electron chi connectivity index (χ0n) is 9.91. The van der Waals surface area contributed by atoms with Crippen molar-refractivity contribution in [1.82, 2.24) is 0 Å². The van der Waals surface area contributed by atoms with Gasteiger partial charge in [-0.25, -0.2) is 0 Å². The molecule has 1 aromatic rings. The predicted octanol–water partition coefficient (Wildman–Crippen LogP) is 2.86. The second kappa shape index (κ2) is 6.55. The molecule has 0 amide bonds. The van der Waals surface area contributed by atoms with E-state index in [0.717, 1.165) is 5.56 Å². The SMILES string of the molecule is CC(C)OC(=O)[C@H](Cc1ccccc1)N=[N+]=[N-]. The van der Waals surface area contributed by atoms with Gasteiger partial charge < -0.3 is 4.74 Å². The van der Waals surface area contributed by atoms with Crippen molar-refractivity contribution >= 4 is 5.97 Å². The molecule has 1 aromatic carbocycles. The van der Waals surface area contributed by atoms with Gasteiger partial charge in [0.2, 0.25) is 0 Å². The lowest BCUT2D eigenvalue weighted by molar-refractivity contribution is -0.148. The fraction of sp³-hybridized carbons (Fsp3) is 0.417. The maximum atomic E-state index is 11.7. The first-order valence-corrected chi connectivity index (χ1v) is 5.42. The van der Waals surface area contributed by atoms with Gasteiger partial charge in [-0.3, -0.25) is 4.79 Å². The molecule has 5 heteroatoms. The van der Waals surface area contributed by atoms with Gasteiger partial charge in [0.05, 0.1) is 6.10 Å². The van der Waals surface area contributed by atoms with Gasteiger partial charge in [-0.15, -0.1) is 0 Å². The Kier molecular flexibility index (Phi) is 5.04. The Morgan fingerprint density at radius 3 is 2.59 bits per heavy atom. The van der Waals surface area contributed by atoms with Crippen LogP contribution in [0.25, 0.3) is 10.4 Å². The first-order chi connectivity index (χ1) is 8.13. The van der Waals surface area contributed by atoms with Crippen LogP contribution < -0.4 is 0 Å². The molecule has 0 fully saturated rings. The van der Waals surface area contributed by atoms with E-state index < -0.39 is 12.0 Å². The molecular formula is C12H15N3O2. The highest BCUT2D eigenvalue weighted by molar-refractivity contribution is 5.76. The van der Waals surface area contributed by atoms with Crippen molar-refractivity contribution in [3.8, 4) is 0 Å². The highest BCUT2D eigenvalue weighted by Gasteiger charge is 2.19. The van der Waals surface area contributed by atoms with E-state index >= 15 is 0 Å². The van der Waals surface area contributed by atoms with Crippen LogP contribution >= 0.6 is 0 Å². The Hall–Kier alpha value is -2.00. The minimum absolute atomic E-state index is 0.213. The summed E-state index contributed by atoms with van der Waals surface area (Å²) in [5.74, 6) is -0.485. The van der Waals surface area contributed by atoms with Crippen LogP contribution in [-0.4, -0.2) is 18.1 Å². The molecule has 17 heavy (non-hydrogen) atoms. The van der Waals surface area contributed by atoms with Crippen molar-refractivity contribution in [2.75, 3.05) is 0 Å². The zero-order chi connectivity index (χ0) is 12.7. The van der Waals surface area contributed by atoms with Crippen molar-refractivity contribution < 1.29 is 9.53 Å². The zero-order valence-corrected chi connectivity index (χ0v) is 9.91. The molecule has 1 atom stereocenters. The summed E-state index contributed by atoms with van der Waals surface area (Å²) in [5, 5.41) is 3.48. The molecule has 0 radical (unpaired) electrons. The summed E-state index contributed by atoms with van der Waals surface area (Å²) in [7, 11) is 0. The second-order valence-electron chi connectivity index (χ2n) is 3.90. The number of rotatable bonds is 5. The lowest BCUT2D eigenvalue weighted by atomic mass is 10.1. The molecule has 0 saturated heterocycles. The minimum Gasteiger partial charge on any atom is -0.463 e. The molecule has 0 aliphatic carbocycles. The molecule has 90 valence electrons. The van der Waals surface area contributed by atoms with E-state index in [1.807, 2.05) is 30.3 Å². The average molecular weight is 233 g/mol.